The molecule has 174 valence electrons. The molecule has 0 aliphatic heterocycles. The maximum atomic E-state index is 12.6. The average molecular weight is 469 g/mol. The third-order valence-corrected chi connectivity index (χ3v) is 6.96. The maximum Gasteiger partial charge on any atom is 0.251 e. The Hall–Kier alpha value is -3.04. The van der Waals surface area contributed by atoms with Crippen molar-refractivity contribution in [3.05, 3.63) is 76.9 Å². The van der Waals surface area contributed by atoms with E-state index >= 15 is 0 Å². The van der Waals surface area contributed by atoms with E-state index in [4.69, 9.17) is 4.52 Å². The minimum absolute atomic E-state index is 0.0470. The standard InChI is InChI=1S/C24H28N4O4S/c1-24(2,3)19-10-12-20(13-11-19)33(30,31)26-14-16-4-6-18(7-5-16)23(29)25-15-21-27-22(28-32-21)17-8-9-17/h4-7,10-13,17,26H,8-9,14-15H2,1-3H3,(H,25,29). The van der Waals surface area contributed by atoms with Crippen molar-refractivity contribution in [3.63, 3.8) is 0 Å². The fourth-order valence-electron chi connectivity index (χ4n) is 3.27. The molecule has 1 saturated carbocycles. The molecule has 3 aromatic rings. The van der Waals surface area contributed by atoms with Crippen LogP contribution in [0.1, 0.15) is 72.7 Å². The van der Waals surface area contributed by atoms with Gasteiger partial charge in [-0.1, -0.05) is 50.2 Å². The van der Waals surface area contributed by atoms with Gasteiger partial charge in [-0.25, -0.2) is 13.1 Å². The first-order valence-electron chi connectivity index (χ1n) is 10.9. The molecular weight excluding hydrogens is 440 g/mol. The number of rotatable bonds is 8. The van der Waals surface area contributed by atoms with E-state index in [1.807, 2.05) is 12.1 Å². The fourth-order valence-corrected chi connectivity index (χ4v) is 4.29. The van der Waals surface area contributed by atoms with Crippen molar-refractivity contribution in [1.82, 2.24) is 20.2 Å². The summed E-state index contributed by atoms with van der Waals surface area (Å²) in [7, 11) is -3.64. The average Bonchev–Trinajstić information content (AvgIpc) is 3.54. The lowest BCUT2D eigenvalue weighted by atomic mass is 9.87. The van der Waals surface area contributed by atoms with Crippen LogP contribution < -0.4 is 10.0 Å². The molecule has 2 aromatic carbocycles. The monoisotopic (exact) mass is 468 g/mol. The van der Waals surface area contributed by atoms with Gasteiger partial charge >= 0.3 is 0 Å². The van der Waals surface area contributed by atoms with Gasteiger partial charge in [-0.15, -0.1) is 0 Å². The van der Waals surface area contributed by atoms with Crippen LogP contribution in [0.25, 0.3) is 0 Å². The van der Waals surface area contributed by atoms with E-state index in [-0.39, 0.29) is 29.3 Å². The molecule has 33 heavy (non-hydrogen) atoms. The highest BCUT2D eigenvalue weighted by Crippen LogP contribution is 2.38. The van der Waals surface area contributed by atoms with Crippen LogP contribution in [-0.4, -0.2) is 24.5 Å². The van der Waals surface area contributed by atoms with Crippen molar-refractivity contribution in [2.75, 3.05) is 0 Å². The number of nitrogens with zero attached hydrogens (tertiary/aromatic N) is 2. The lowest BCUT2D eigenvalue weighted by Crippen LogP contribution is -2.24. The van der Waals surface area contributed by atoms with Gasteiger partial charge in [0.1, 0.15) is 0 Å². The highest BCUT2D eigenvalue weighted by atomic mass is 32.2. The molecule has 1 heterocycles. The summed E-state index contributed by atoms with van der Waals surface area (Å²) in [6.07, 6.45) is 2.16. The molecular formula is C24H28N4O4S. The molecule has 9 heteroatoms. The molecule has 0 saturated heterocycles. The molecule has 1 aliphatic rings. The molecule has 8 nitrogen and oxygen atoms in total. The lowest BCUT2D eigenvalue weighted by Gasteiger charge is -2.19. The van der Waals surface area contributed by atoms with E-state index in [2.05, 4.69) is 41.0 Å². The highest BCUT2D eigenvalue weighted by Gasteiger charge is 2.28. The van der Waals surface area contributed by atoms with E-state index in [0.29, 0.717) is 23.2 Å². The van der Waals surface area contributed by atoms with Crippen molar-refractivity contribution in [3.8, 4) is 0 Å². The molecule has 1 aliphatic carbocycles. The summed E-state index contributed by atoms with van der Waals surface area (Å²) in [4.78, 5) is 16.9. The van der Waals surface area contributed by atoms with E-state index in [1.54, 1.807) is 36.4 Å². The van der Waals surface area contributed by atoms with Crippen molar-refractivity contribution in [1.29, 1.82) is 0 Å². The maximum absolute atomic E-state index is 12.6. The zero-order chi connectivity index (χ0) is 23.6. The zero-order valence-electron chi connectivity index (χ0n) is 19.0. The number of carbonyl (C=O) groups excluding carboxylic acids is 1. The highest BCUT2D eigenvalue weighted by molar-refractivity contribution is 7.89. The minimum atomic E-state index is -3.64. The molecule has 0 radical (unpaired) electrons. The van der Waals surface area contributed by atoms with Gasteiger partial charge in [0.15, 0.2) is 5.82 Å². The number of benzene rings is 2. The Labute approximate surface area is 193 Å². The Morgan fingerprint density at radius 2 is 1.70 bits per heavy atom. The van der Waals surface area contributed by atoms with E-state index < -0.39 is 10.0 Å². The summed E-state index contributed by atoms with van der Waals surface area (Å²) in [5, 5.41) is 6.68. The Balaban J connectivity index is 1.30. The normalized spacial score (nSPS) is 14.3. The smallest absolute Gasteiger partial charge is 0.251 e. The van der Waals surface area contributed by atoms with Crippen LogP contribution in [0.4, 0.5) is 0 Å². The molecule has 0 unspecified atom stereocenters. The molecule has 0 spiro atoms. The number of sulfonamides is 1. The predicted octanol–water partition coefficient (Wildman–Crippen LogP) is 3.65. The van der Waals surface area contributed by atoms with Gasteiger partial charge in [0, 0.05) is 18.0 Å². The van der Waals surface area contributed by atoms with Gasteiger partial charge in [-0.05, 0) is 53.6 Å². The van der Waals surface area contributed by atoms with Gasteiger partial charge in [-0.2, -0.15) is 4.98 Å². The van der Waals surface area contributed by atoms with E-state index in [0.717, 1.165) is 24.0 Å². The Bertz CT molecular complexity index is 1220. The topological polar surface area (TPSA) is 114 Å². The second-order valence-electron chi connectivity index (χ2n) is 9.30. The summed E-state index contributed by atoms with van der Waals surface area (Å²) in [6, 6.07) is 13.7. The summed E-state index contributed by atoms with van der Waals surface area (Å²) < 4.78 is 33.0. The predicted molar refractivity (Wildman–Crippen MR) is 123 cm³/mol. The third-order valence-electron chi connectivity index (χ3n) is 5.54. The SMILES string of the molecule is CC(C)(C)c1ccc(S(=O)(=O)NCc2ccc(C(=O)NCc3nc(C4CC4)no3)cc2)cc1. The van der Waals surface area contributed by atoms with Gasteiger partial charge in [0.05, 0.1) is 11.4 Å². The molecule has 1 amide bonds. The van der Waals surface area contributed by atoms with Crippen LogP contribution in [0.2, 0.25) is 0 Å². The summed E-state index contributed by atoms with van der Waals surface area (Å²) >= 11 is 0. The molecule has 4 rings (SSSR count). The number of amides is 1. The van der Waals surface area contributed by atoms with E-state index in [1.165, 1.54) is 0 Å². The number of nitrogens with one attached hydrogen (secondary N) is 2. The largest absolute Gasteiger partial charge is 0.343 e. The van der Waals surface area contributed by atoms with Crippen LogP contribution in [0.3, 0.4) is 0 Å². The van der Waals surface area contributed by atoms with Crippen LogP contribution in [0.15, 0.2) is 57.9 Å². The number of aromatic nitrogens is 2. The number of carbonyl (C=O) groups is 1. The Kier molecular flexibility index (Phi) is 6.36. The summed E-state index contributed by atoms with van der Waals surface area (Å²) in [6.45, 7) is 6.52. The van der Waals surface area contributed by atoms with Crippen molar-refractivity contribution < 1.29 is 17.7 Å². The van der Waals surface area contributed by atoms with Crippen molar-refractivity contribution >= 4 is 15.9 Å². The third kappa shape index (κ3) is 5.85. The van der Waals surface area contributed by atoms with Gasteiger partial charge < -0.3 is 9.84 Å². The van der Waals surface area contributed by atoms with Crippen molar-refractivity contribution in [2.45, 2.75) is 62.9 Å². The summed E-state index contributed by atoms with van der Waals surface area (Å²) in [5.74, 6) is 1.21. The molecule has 2 N–H and O–H groups in total. The van der Waals surface area contributed by atoms with Crippen LogP contribution in [-0.2, 0) is 28.5 Å². The van der Waals surface area contributed by atoms with Crippen LogP contribution in [0.5, 0.6) is 0 Å². The molecule has 1 aromatic heterocycles. The van der Waals surface area contributed by atoms with Crippen LogP contribution >= 0.6 is 0 Å². The second-order valence-corrected chi connectivity index (χ2v) is 11.1. The first kappa shape index (κ1) is 23.1. The number of hydrogen-bond acceptors (Lipinski definition) is 6. The molecule has 0 atom stereocenters. The second kappa shape index (κ2) is 9.07. The number of hydrogen-bond donors (Lipinski definition) is 2. The summed E-state index contributed by atoms with van der Waals surface area (Å²) in [5.41, 5.74) is 2.22. The molecule has 1 fully saturated rings. The first-order valence-corrected chi connectivity index (χ1v) is 12.4. The Morgan fingerprint density at radius 3 is 2.30 bits per heavy atom. The Morgan fingerprint density at radius 1 is 1.03 bits per heavy atom. The minimum Gasteiger partial charge on any atom is -0.343 e. The van der Waals surface area contributed by atoms with Gasteiger partial charge in [0.2, 0.25) is 15.9 Å². The quantitative estimate of drug-likeness (QED) is 0.522. The van der Waals surface area contributed by atoms with Crippen LogP contribution in [0, 0.1) is 0 Å². The fraction of sp³-hybridized carbons (Fsp3) is 0.375. The van der Waals surface area contributed by atoms with E-state index in [9.17, 15) is 13.2 Å². The lowest BCUT2D eigenvalue weighted by molar-refractivity contribution is 0.0946. The van der Waals surface area contributed by atoms with Crippen molar-refractivity contribution in [2.24, 2.45) is 0 Å². The van der Waals surface area contributed by atoms with Gasteiger partial charge in [-0.3, -0.25) is 4.79 Å². The van der Waals surface area contributed by atoms with Gasteiger partial charge in [0.25, 0.3) is 5.91 Å². The first-order chi connectivity index (χ1) is 15.6. The zero-order valence-corrected chi connectivity index (χ0v) is 19.8. The molecule has 0 bridgehead atoms.